The second-order valence-electron chi connectivity index (χ2n) is 6.78. The summed E-state index contributed by atoms with van der Waals surface area (Å²) in [4.78, 5) is 28.4. The van der Waals surface area contributed by atoms with Crippen LogP contribution < -0.4 is 10.6 Å². The fourth-order valence-electron chi connectivity index (χ4n) is 2.80. The molecule has 4 rings (SSSR count). The molecule has 1 aliphatic carbocycles. The summed E-state index contributed by atoms with van der Waals surface area (Å²) >= 11 is 0. The van der Waals surface area contributed by atoms with Gasteiger partial charge in [0.2, 0.25) is 5.91 Å². The summed E-state index contributed by atoms with van der Waals surface area (Å²) in [5, 5.41) is 12.1. The van der Waals surface area contributed by atoms with Crippen LogP contribution in [0.5, 0.6) is 0 Å². The topological polar surface area (TPSA) is 99.8 Å². The second-order valence-corrected chi connectivity index (χ2v) is 6.78. The SMILES string of the molecule is O=C(CNC(=O)c1cc(F)cc(F)c1)Nc1ccc(-c2n[nH]c(C3CC3)n2)cc1. The van der Waals surface area contributed by atoms with E-state index in [2.05, 4.69) is 25.8 Å². The van der Waals surface area contributed by atoms with Crippen LogP contribution in [0.4, 0.5) is 14.5 Å². The molecule has 29 heavy (non-hydrogen) atoms. The molecule has 1 fully saturated rings. The van der Waals surface area contributed by atoms with Crippen molar-refractivity contribution in [1.82, 2.24) is 20.5 Å². The minimum absolute atomic E-state index is 0.197. The lowest BCUT2D eigenvalue weighted by molar-refractivity contribution is -0.115. The third-order valence-electron chi connectivity index (χ3n) is 4.43. The van der Waals surface area contributed by atoms with Gasteiger partial charge in [-0.25, -0.2) is 13.8 Å². The zero-order chi connectivity index (χ0) is 20.4. The van der Waals surface area contributed by atoms with Crippen molar-refractivity contribution in [2.24, 2.45) is 0 Å². The zero-order valence-electron chi connectivity index (χ0n) is 15.2. The molecule has 7 nitrogen and oxygen atoms in total. The smallest absolute Gasteiger partial charge is 0.251 e. The van der Waals surface area contributed by atoms with Gasteiger partial charge in [0.15, 0.2) is 5.82 Å². The highest BCUT2D eigenvalue weighted by molar-refractivity contribution is 5.99. The van der Waals surface area contributed by atoms with E-state index in [0.29, 0.717) is 23.5 Å². The summed E-state index contributed by atoms with van der Waals surface area (Å²) in [6.07, 6.45) is 2.26. The molecule has 1 aliphatic rings. The van der Waals surface area contributed by atoms with E-state index >= 15 is 0 Å². The molecule has 3 N–H and O–H groups in total. The summed E-state index contributed by atoms with van der Waals surface area (Å²) in [6.45, 7) is -0.343. The van der Waals surface area contributed by atoms with E-state index in [1.54, 1.807) is 24.3 Å². The number of nitrogens with one attached hydrogen (secondary N) is 3. The molecular formula is C20H17F2N5O2. The van der Waals surface area contributed by atoms with Gasteiger partial charge in [-0.1, -0.05) is 0 Å². The summed E-state index contributed by atoms with van der Waals surface area (Å²) in [5.41, 5.74) is 1.15. The number of amides is 2. The number of anilines is 1. The standard InChI is InChI=1S/C20H17F2N5O2/c21-14-7-13(8-15(22)9-14)20(29)23-10-17(28)24-16-5-3-12(4-6-16)19-25-18(26-27-19)11-1-2-11/h3-9,11H,1-2,10H2,(H,23,29)(H,24,28)(H,25,26,27). The first kappa shape index (κ1) is 18.7. The Kier molecular flexibility index (Phi) is 5.03. The molecule has 0 saturated heterocycles. The van der Waals surface area contributed by atoms with Crippen LogP contribution in [0.15, 0.2) is 42.5 Å². The molecule has 9 heteroatoms. The molecule has 148 valence electrons. The molecule has 2 aromatic carbocycles. The maximum atomic E-state index is 13.2. The fourth-order valence-corrected chi connectivity index (χ4v) is 2.80. The Hall–Kier alpha value is -3.62. The Balaban J connectivity index is 1.31. The van der Waals surface area contributed by atoms with Crippen LogP contribution >= 0.6 is 0 Å². The van der Waals surface area contributed by atoms with Crippen LogP contribution in [0, 0.1) is 11.6 Å². The predicted molar refractivity (Wildman–Crippen MR) is 101 cm³/mol. The van der Waals surface area contributed by atoms with Gasteiger partial charge < -0.3 is 10.6 Å². The molecular weight excluding hydrogens is 380 g/mol. The molecule has 0 aliphatic heterocycles. The molecule has 0 bridgehead atoms. The van der Waals surface area contributed by atoms with Gasteiger partial charge in [0.25, 0.3) is 5.91 Å². The van der Waals surface area contributed by atoms with Crippen LogP contribution in [0.2, 0.25) is 0 Å². The van der Waals surface area contributed by atoms with Gasteiger partial charge in [0.05, 0.1) is 6.54 Å². The summed E-state index contributed by atoms with van der Waals surface area (Å²) < 4.78 is 26.3. The van der Waals surface area contributed by atoms with Crippen molar-refractivity contribution in [2.75, 3.05) is 11.9 Å². The Bertz CT molecular complexity index is 1040. The fraction of sp³-hybridized carbons (Fsp3) is 0.200. The third kappa shape index (κ3) is 4.63. The Morgan fingerprint density at radius 3 is 2.41 bits per heavy atom. The summed E-state index contributed by atoms with van der Waals surface area (Å²) in [6, 6.07) is 9.42. The molecule has 0 atom stereocenters. The number of carbonyl (C=O) groups excluding carboxylic acids is 2. The molecule has 1 heterocycles. The molecule has 0 unspecified atom stereocenters. The minimum Gasteiger partial charge on any atom is -0.343 e. The monoisotopic (exact) mass is 397 g/mol. The van der Waals surface area contributed by atoms with Crippen LogP contribution in [-0.4, -0.2) is 33.5 Å². The van der Waals surface area contributed by atoms with Crippen molar-refractivity contribution in [3.05, 3.63) is 65.5 Å². The summed E-state index contributed by atoms with van der Waals surface area (Å²) in [7, 11) is 0. The van der Waals surface area contributed by atoms with E-state index in [-0.39, 0.29) is 12.1 Å². The van der Waals surface area contributed by atoms with Crippen LogP contribution in [0.3, 0.4) is 0 Å². The lowest BCUT2D eigenvalue weighted by Crippen LogP contribution is -2.32. The number of rotatable bonds is 6. The van der Waals surface area contributed by atoms with Gasteiger partial charge in [-0.3, -0.25) is 14.7 Å². The highest BCUT2D eigenvalue weighted by Crippen LogP contribution is 2.38. The van der Waals surface area contributed by atoms with E-state index in [4.69, 9.17) is 0 Å². The summed E-state index contributed by atoms with van der Waals surface area (Å²) in [5.74, 6) is -0.980. The van der Waals surface area contributed by atoms with E-state index < -0.39 is 23.4 Å². The highest BCUT2D eigenvalue weighted by atomic mass is 19.1. The Labute approximate surface area is 164 Å². The molecule has 1 aromatic heterocycles. The third-order valence-corrected chi connectivity index (χ3v) is 4.43. The lowest BCUT2D eigenvalue weighted by atomic mass is 10.2. The first-order chi connectivity index (χ1) is 14.0. The largest absolute Gasteiger partial charge is 0.343 e. The zero-order valence-corrected chi connectivity index (χ0v) is 15.2. The molecule has 1 saturated carbocycles. The van der Waals surface area contributed by atoms with E-state index in [0.717, 1.165) is 36.4 Å². The van der Waals surface area contributed by atoms with Crippen molar-refractivity contribution < 1.29 is 18.4 Å². The molecule has 0 spiro atoms. The van der Waals surface area contributed by atoms with Gasteiger partial charge in [0.1, 0.15) is 17.5 Å². The number of benzene rings is 2. The number of carbonyl (C=O) groups is 2. The minimum atomic E-state index is -0.865. The Morgan fingerprint density at radius 2 is 1.76 bits per heavy atom. The number of hydrogen-bond donors (Lipinski definition) is 3. The van der Waals surface area contributed by atoms with Gasteiger partial charge in [-0.15, -0.1) is 0 Å². The lowest BCUT2D eigenvalue weighted by Gasteiger charge is -2.08. The van der Waals surface area contributed by atoms with Crippen molar-refractivity contribution in [3.63, 3.8) is 0 Å². The van der Waals surface area contributed by atoms with Crippen LogP contribution in [0.25, 0.3) is 11.4 Å². The van der Waals surface area contributed by atoms with Gasteiger partial charge in [-0.2, -0.15) is 5.10 Å². The van der Waals surface area contributed by atoms with E-state index in [1.165, 1.54) is 0 Å². The van der Waals surface area contributed by atoms with Crippen LogP contribution in [-0.2, 0) is 4.79 Å². The number of nitrogens with zero attached hydrogens (tertiary/aromatic N) is 2. The van der Waals surface area contributed by atoms with Gasteiger partial charge >= 0.3 is 0 Å². The van der Waals surface area contributed by atoms with Crippen molar-refractivity contribution in [3.8, 4) is 11.4 Å². The van der Waals surface area contributed by atoms with E-state index in [1.807, 2.05) is 0 Å². The quantitative estimate of drug-likeness (QED) is 0.595. The first-order valence-electron chi connectivity index (χ1n) is 9.05. The average molecular weight is 397 g/mol. The number of H-pyrrole nitrogens is 1. The highest BCUT2D eigenvalue weighted by Gasteiger charge is 2.27. The van der Waals surface area contributed by atoms with Crippen molar-refractivity contribution >= 4 is 17.5 Å². The normalized spacial score (nSPS) is 13.2. The van der Waals surface area contributed by atoms with Gasteiger partial charge in [0, 0.05) is 28.8 Å². The number of aromatic nitrogens is 3. The maximum Gasteiger partial charge on any atom is 0.251 e. The Morgan fingerprint density at radius 1 is 1.07 bits per heavy atom. The number of halogens is 2. The molecule has 2 amide bonds. The van der Waals surface area contributed by atoms with Crippen molar-refractivity contribution in [2.45, 2.75) is 18.8 Å². The molecule has 0 radical (unpaired) electrons. The predicted octanol–water partition coefficient (Wildman–Crippen LogP) is 3.00. The number of aromatic amines is 1. The van der Waals surface area contributed by atoms with E-state index in [9.17, 15) is 18.4 Å². The second kappa shape index (κ2) is 7.78. The molecule has 3 aromatic rings. The first-order valence-corrected chi connectivity index (χ1v) is 9.05. The van der Waals surface area contributed by atoms with Gasteiger partial charge in [-0.05, 0) is 49.2 Å². The maximum absolute atomic E-state index is 13.2. The number of hydrogen-bond acceptors (Lipinski definition) is 4. The van der Waals surface area contributed by atoms with Crippen LogP contribution in [0.1, 0.15) is 34.9 Å². The van der Waals surface area contributed by atoms with Crippen molar-refractivity contribution in [1.29, 1.82) is 0 Å². The average Bonchev–Trinajstić information content (AvgIpc) is 3.43.